The van der Waals surface area contributed by atoms with Crippen LogP contribution in [0.3, 0.4) is 0 Å². The lowest BCUT2D eigenvalue weighted by atomic mass is 9.79. The van der Waals surface area contributed by atoms with Crippen molar-refractivity contribution in [3.63, 3.8) is 0 Å². The second kappa shape index (κ2) is 6.88. The van der Waals surface area contributed by atoms with E-state index >= 15 is 0 Å². The van der Waals surface area contributed by atoms with Gasteiger partial charge in [0.15, 0.2) is 0 Å². The molecule has 1 heterocycles. The van der Waals surface area contributed by atoms with Crippen molar-refractivity contribution in [2.75, 3.05) is 18.5 Å². The van der Waals surface area contributed by atoms with E-state index in [2.05, 4.69) is 29.1 Å². The lowest BCUT2D eigenvalue weighted by Crippen LogP contribution is -2.41. The third-order valence-corrected chi connectivity index (χ3v) is 3.73. The number of anilines is 1. The Morgan fingerprint density at radius 1 is 1.55 bits per heavy atom. The highest BCUT2D eigenvalue weighted by atomic mass is 16.5. The van der Waals surface area contributed by atoms with E-state index in [0.717, 1.165) is 25.7 Å². The van der Waals surface area contributed by atoms with Crippen LogP contribution in [0.25, 0.3) is 0 Å². The van der Waals surface area contributed by atoms with E-state index in [1.54, 1.807) is 12.3 Å². The fraction of sp³-hybridized carbons (Fsp3) is 0.733. The lowest BCUT2D eigenvalue weighted by Gasteiger charge is -2.35. The van der Waals surface area contributed by atoms with Crippen LogP contribution in [0.1, 0.15) is 46.0 Å². The van der Waals surface area contributed by atoms with Gasteiger partial charge < -0.3 is 15.2 Å². The Morgan fingerprint density at radius 3 is 3.15 bits per heavy atom. The van der Waals surface area contributed by atoms with Gasteiger partial charge in [-0.1, -0.05) is 26.7 Å². The number of ether oxygens (including phenoxy) is 1. The number of nitrogens with zero attached hydrogens (tertiary/aromatic N) is 2. The van der Waals surface area contributed by atoms with Gasteiger partial charge in [0.2, 0.25) is 11.8 Å². The fourth-order valence-corrected chi connectivity index (χ4v) is 2.75. The molecule has 1 saturated carbocycles. The van der Waals surface area contributed by atoms with E-state index in [4.69, 9.17) is 4.74 Å². The monoisotopic (exact) mass is 279 g/mol. The van der Waals surface area contributed by atoms with Crippen LogP contribution in [0.5, 0.6) is 5.88 Å². The summed E-state index contributed by atoms with van der Waals surface area (Å²) in [4.78, 5) is 8.46. The first-order valence-corrected chi connectivity index (χ1v) is 7.53. The van der Waals surface area contributed by atoms with Gasteiger partial charge in [-0.05, 0) is 25.2 Å². The Morgan fingerprint density at radius 2 is 2.40 bits per heavy atom. The summed E-state index contributed by atoms with van der Waals surface area (Å²) in [6.45, 7) is 5.40. The Bertz CT molecular complexity index is 427. The molecule has 1 aromatic rings. The van der Waals surface area contributed by atoms with Crippen molar-refractivity contribution in [1.82, 2.24) is 9.97 Å². The van der Waals surface area contributed by atoms with E-state index in [-0.39, 0.29) is 0 Å². The molecular weight excluding hydrogens is 254 g/mol. The summed E-state index contributed by atoms with van der Waals surface area (Å²) >= 11 is 0. The van der Waals surface area contributed by atoms with Gasteiger partial charge in [-0.3, -0.25) is 0 Å². The number of aliphatic hydroxyl groups is 1. The molecule has 1 fully saturated rings. The fourth-order valence-electron chi connectivity index (χ4n) is 2.75. The van der Waals surface area contributed by atoms with Crippen molar-refractivity contribution < 1.29 is 9.84 Å². The Labute approximate surface area is 120 Å². The number of rotatable bonds is 6. The van der Waals surface area contributed by atoms with Crippen molar-refractivity contribution in [2.24, 2.45) is 5.92 Å². The zero-order chi connectivity index (χ0) is 14.4. The maximum Gasteiger partial charge on any atom is 0.226 e. The molecule has 2 unspecified atom stereocenters. The molecule has 0 spiro atoms. The molecule has 1 aliphatic rings. The van der Waals surface area contributed by atoms with Gasteiger partial charge in [0.25, 0.3) is 0 Å². The summed E-state index contributed by atoms with van der Waals surface area (Å²) in [6, 6.07) is 1.75. The van der Waals surface area contributed by atoms with Crippen LogP contribution < -0.4 is 10.1 Å². The van der Waals surface area contributed by atoms with Crippen LogP contribution in [-0.4, -0.2) is 33.8 Å². The highest BCUT2D eigenvalue weighted by Crippen LogP contribution is 2.32. The zero-order valence-corrected chi connectivity index (χ0v) is 12.4. The average molecular weight is 279 g/mol. The molecular formula is C15H25N3O2. The van der Waals surface area contributed by atoms with Crippen LogP contribution in [0.2, 0.25) is 0 Å². The summed E-state index contributed by atoms with van der Waals surface area (Å²) in [5.41, 5.74) is -0.638. The van der Waals surface area contributed by atoms with Crippen molar-refractivity contribution in [1.29, 1.82) is 0 Å². The first-order chi connectivity index (χ1) is 9.61. The highest BCUT2D eigenvalue weighted by Gasteiger charge is 2.32. The van der Waals surface area contributed by atoms with E-state index in [0.29, 0.717) is 30.9 Å². The van der Waals surface area contributed by atoms with E-state index < -0.39 is 5.60 Å². The molecule has 2 rings (SSSR count). The van der Waals surface area contributed by atoms with Gasteiger partial charge in [0, 0.05) is 18.8 Å². The zero-order valence-electron chi connectivity index (χ0n) is 12.4. The number of hydrogen-bond donors (Lipinski definition) is 2. The van der Waals surface area contributed by atoms with Gasteiger partial charge in [-0.2, -0.15) is 4.98 Å². The number of aromatic nitrogens is 2. The van der Waals surface area contributed by atoms with E-state index in [1.165, 1.54) is 6.42 Å². The maximum atomic E-state index is 10.6. The van der Waals surface area contributed by atoms with Crippen molar-refractivity contribution in [2.45, 2.75) is 51.6 Å². The summed E-state index contributed by atoms with van der Waals surface area (Å²) < 4.78 is 5.48. The topological polar surface area (TPSA) is 67.3 Å². The van der Waals surface area contributed by atoms with Crippen LogP contribution in [0, 0.1) is 5.92 Å². The molecule has 0 radical (unpaired) electrons. The molecule has 0 amide bonds. The third kappa shape index (κ3) is 4.34. The molecule has 2 atom stereocenters. The molecule has 0 aromatic carbocycles. The normalized spacial score (nSPS) is 26.2. The maximum absolute atomic E-state index is 10.6. The minimum absolute atomic E-state index is 0.495. The van der Waals surface area contributed by atoms with Gasteiger partial charge >= 0.3 is 0 Å². The SMILES string of the molecule is CCCOc1ccnc(NCC2(O)CCCC(C)C2)n1. The molecule has 5 nitrogen and oxygen atoms in total. The Hall–Kier alpha value is -1.36. The third-order valence-electron chi connectivity index (χ3n) is 3.73. The largest absolute Gasteiger partial charge is 0.478 e. The molecule has 1 aliphatic carbocycles. The van der Waals surface area contributed by atoms with Crippen molar-refractivity contribution in [3.8, 4) is 5.88 Å². The number of hydrogen-bond acceptors (Lipinski definition) is 5. The molecule has 1 aromatic heterocycles. The quantitative estimate of drug-likeness (QED) is 0.838. The average Bonchev–Trinajstić information content (AvgIpc) is 2.43. The molecule has 0 saturated heterocycles. The number of nitrogens with one attached hydrogen (secondary N) is 1. The summed E-state index contributed by atoms with van der Waals surface area (Å²) in [5, 5.41) is 13.7. The van der Waals surface area contributed by atoms with Crippen LogP contribution in [0.4, 0.5) is 5.95 Å². The van der Waals surface area contributed by atoms with Gasteiger partial charge in [0.05, 0.1) is 12.2 Å². The molecule has 20 heavy (non-hydrogen) atoms. The van der Waals surface area contributed by atoms with Gasteiger partial charge in [0.1, 0.15) is 0 Å². The Balaban J connectivity index is 1.89. The van der Waals surface area contributed by atoms with E-state index in [9.17, 15) is 5.11 Å². The smallest absolute Gasteiger partial charge is 0.226 e. The first kappa shape index (κ1) is 15.0. The second-order valence-electron chi connectivity index (χ2n) is 5.85. The van der Waals surface area contributed by atoms with Crippen molar-refractivity contribution >= 4 is 5.95 Å². The molecule has 2 N–H and O–H groups in total. The van der Waals surface area contributed by atoms with E-state index in [1.807, 2.05) is 0 Å². The minimum atomic E-state index is -0.638. The van der Waals surface area contributed by atoms with Crippen LogP contribution in [-0.2, 0) is 0 Å². The lowest BCUT2D eigenvalue weighted by molar-refractivity contribution is -0.000909. The second-order valence-corrected chi connectivity index (χ2v) is 5.85. The summed E-state index contributed by atoms with van der Waals surface area (Å²) in [5.74, 6) is 1.68. The van der Waals surface area contributed by atoms with Crippen LogP contribution >= 0.6 is 0 Å². The van der Waals surface area contributed by atoms with Crippen molar-refractivity contribution in [3.05, 3.63) is 12.3 Å². The summed E-state index contributed by atoms with van der Waals surface area (Å²) in [6.07, 6.45) is 6.60. The molecule has 5 heteroatoms. The standard InChI is InChI=1S/C15H25N3O2/c1-3-9-20-13-6-8-16-14(18-13)17-11-15(19)7-4-5-12(2)10-15/h6,8,12,19H,3-5,7,9-11H2,1-2H3,(H,16,17,18). The molecule has 0 bridgehead atoms. The van der Waals surface area contributed by atoms with Gasteiger partial charge in [-0.25, -0.2) is 4.98 Å². The Kier molecular flexibility index (Phi) is 5.17. The van der Waals surface area contributed by atoms with Crippen LogP contribution in [0.15, 0.2) is 12.3 Å². The predicted molar refractivity (Wildman–Crippen MR) is 78.9 cm³/mol. The van der Waals surface area contributed by atoms with Gasteiger partial charge in [-0.15, -0.1) is 0 Å². The predicted octanol–water partition coefficient (Wildman–Crippen LogP) is 2.62. The minimum Gasteiger partial charge on any atom is -0.478 e. The molecule has 112 valence electrons. The first-order valence-electron chi connectivity index (χ1n) is 7.53. The highest BCUT2D eigenvalue weighted by molar-refractivity contribution is 5.28. The molecule has 0 aliphatic heterocycles. The summed E-state index contributed by atoms with van der Waals surface area (Å²) in [7, 11) is 0.